The number of amides is 1. The molecule has 8 atom stereocenters. The Hall–Kier alpha value is -1.52. The molecule has 0 aromatic heterocycles. The Balaban J connectivity index is 1.34. The summed E-state index contributed by atoms with van der Waals surface area (Å²) in [5, 5.41) is 2.53. The van der Waals surface area contributed by atoms with Crippen LogP contribution in [0.15, 0.2) is 11.6 Å². The third-order valence-electron chi connectivity index (χ3n) is 11.3. The predicted molar refractivity (Wildman–Crippen MR) is 157 cm³/mol. The molecule has 222 valence electrons. The molecule has 4 aliphatic rings. The Morgan fingerprint density at radius 3 is 2.46 bits per heavy atom. The lowest BCUT2D eigenvalue weighted by molar-refractivity contribution is -0.150. The first-order valence-corrected chi connectivity index (χ1v) is 16.1. The molecule has 1 N–H and O–H groups in total. The van der Waals surface area contributed by atoms with E-state index in [1.807, 2.05) is 0 Å². The van der Waals surface area contributed by atoms with Gasteiger partial charge < -0.3 is 14.8 Å². The molecule has 0 heterocycles. The van der Waals surface area contributed by atoms with Gasteiger partial charge in [-0.25, -0.2) is 4.79 Å². The lowest BCUT2D eigenvalue weighted by atomic mass is 9.47. The van der Waals surface area contributed by atoms with Crippen molar-refractivity contribution in [2.24, 2.45) is 46.3 Å². The topological polar surface area (TPSA) is 64.6 Å². The Bertz CT molecular complexity index is 919. The Labute approximate surface area is 238 Å². The summed E-state index contributed by atoms with van der Waals surface area (Å²) in [6, 6.07) is 0. The number of esters is 1. The molecule has 0 unspecified atom stereocenters. The van der Waals surface area contributed by atoms with Crippen LogP contribution < -0.4 is 5.32 Å². The highest BCUT2D eigenvalue weighted by molar-refractivity contribution is 5.78. The number of hydrogen-bond acceptors (Lipinski definition) is 4. The monoisotopic (exact) mass is 543 g/mol. The second-order valence-corrected chi connectivity index (χ2v) is 15.5. The van der Waals surface area contributed by atoms with E-state index in [2.05, 4.69) is 46.0 Å². The van der Waals surface area contributed by atoms with Crippen molar-refractivity contribution in [3.05, 3.63) is 11.6 Å². The van der Waals surface area contributed by atoms with Crippen LogP contribution in [-0.4, -0.2) is 30.3 Å². The van der Waals surface area contributed by atoms with Crippen molar-refractivity contribution in [1.29, 1.82) is 0 Å². The molecule has 3 fully saturated rings. The molecule has 0 aromatic carbocycles. The van der Waals surface area contributed by atoms with Crippen molar-refractivity contribution in [3.63, 3.8) is 0 Å². The van der Waals surface area contributed by atoms with Gasteiger partial charge in [0.2, 0.25) is 0 Å². The normalized spacial score (nSPS) is 36.7. The van der Waals surface area contributed by atoms with Crippen LogP contribution in [0.4, 0.5) is 4.79 Å². The molecule has 5 heteroatoms. The van der Waals surface area contributed by atoms with Gasteiger partial charge in [0.1, 0.15) is 18.2 Å². The van der Waals surface area contributed by atoms with Crippen molar-refractivity contribution in [2.75, 3.05) is 6.54 Å². The molecule has 39 heavy (non-hydrogen) atoms. The van der Waals surface area contributed by atoms with Gasteiger partial charge in [-0.15, -0.1) is 0 Å². The molecule has 0 spiro atoms. The van der Waals surface area contributed by atoms with Crippen molar-refractivity contribution in [3.8, 4) is 0 Å². The molecule has 0 saturated heterocycles. The van der Waals surface area contributed by atoms with Crippen molar-refractivity contribution in [2.45, 2.75) is 138 Å². The molecule has 0 aliphatic heterocycles. The number of hydrogen-bond donors (Lipinski definition) is 1. The van der Waals surface area contributed by atoms with Crippen molar-refractivity contribution in [1.82, 2.24) is 5.32 Å². The van der Waals surface area contributed by atoms with Crippen LogP contribution in [0.2, 0.25) is 0 Å². The first-order valence-electron chi connectivity index (χ1n) is 16.1. The molecule has 4 aliphatic carbocycles. The van der Waals surface area contributed by atoms with E-state index in [9.17, 15) is 9.59 Å². The first-order chi connectivity index (χ1) is 18.2. The zero-order valence-corrected chi connectivity index (χ0v) is 26.2. The van der Waals surface area contributed by atoms with Crippen LogP contribution in [-0.2, 0) is 14.3 Å². The molecular weight excluding hydrogens is 486 g/mol. The van der Waals surface area contributed by atoms with Gasteiger partial charge in [-0.2, -0.15) is 0 Å². The van der Waals surface area contributed by atoms with Crippen LogP contribution >= 0.6 is 0 Å². The van der Waals surface area contributed by atoms with E-state index in [0.29, 0.717) is 5.41 Å². The van der Waals surface area contributed by atoms with E-state index in [-0.39, 0.29) is 24.0 Å². The summed E-state index contributed by atoms with van der Waals surface area (Å²) in [6.07, 6.45) is 15.6. The van der Waals surface area contributed by atoms with Gasteiger partial charge in [0.15, 0.2) is 0 Å². The summed E-state index contributed by atoms with van der Waals surface area (Å²) >= 11 is 0. The number of carbonyl (C=O) groups is 2. The second kappa shape index (κ2) is 11.8. The van der Waals surface area contributed by atoms with Gasteiger partial charge in [-0.05, 0) is 112 Å². The van der Waals surface area contributed by atoms with Gasteiger partial charge in [0.25, 0.3) is 0 Å². The van der Waals surface area contributed by atoms with Crippen LogP contribution in [0.5, 0.6) is 0 Å². The lowest BCUT2D eigenvalue weighted by Gasteiger charge is -2.58. The quantitative estimate of drug-likeness (QED) is 0.246. The number of rotatable bonds is 8. The molecule has 4 rings (SSSR count). The van der Waals surface area contributed by atoms with Gasteiger partial charge in [-0.1, -0.05) is 65.5 Å². The fourth-order valence-electron chi connectivity index (χ4n) is 9.44. The summed E-state index contributed by atoms with van der Waals surface area (Å²) in [4.78, 5) is 24.4. The third-order valence-corrected chi connectivity index (χ3v) is 11.3. The summed E-state index contributed by atoms with van der Waals surface area (Å²) < 4.78 is 11.1. The highest BCUT2D eigenvalue weighted by Gasteiger charge is 2.59. The summed E-state index contributed by atoms with van der Waals surface area (Å²) in [5.41, 5.74) is 1.68. The first kappa shape index (κ1) is 30.4. The number of allylic oxidation sites excluding steroid dienone is 1. The number of ether oxygens (including phenoxy) is 2. The maximum Gasteiger partial charge on any atom is 0.408 e. The number of alkyl carbamates (subject to hydrolysis) is 1. The average molecular weight is 544 g/mol. The molecule has 5 nitrogen and oxygen atoms in total. The van der Waals surface area contributed by atoms with Gasteiger partial charge in [0, 0.05) is 6.42 Å². The van der Waals surface area contributed by atoms with Crippen molar-refractivity contribution >= 4 is 12.1 Å². The fourth-order valence-corrected chi connectivity index (χ4v) is 9.44. The van der Waals surface area contributed by atoms with E-state index in [1.54, 1.807) is 20.8 Å². The SMILES string of the molecule is CC(C)CCC[C@@H](C)[C@H]1CC[C@H]2[C@@H]3CC=C4C[C@@H](OC(=O)CNC(=O)OC(C)(C)C)CC[C@]4(C)[C@H]3CC[C@]12C. The molecule has 3 saturated carbocycles. The minimum absolute atomic E-state index is 0.0924. The Morgan fingerprint density at radius 2 is 1.77 bits per heavy atom. The maximum atomic E-state index is 12.5. The van der Waals surface area contributed by atoms with E-state index in [4.69, 9.17) is 9.47 Å². The van der Waals surface area contributed by atoms with E-state index >= 15 is 0 Å². The van der Waals surface area contributed by atoms with Gasteiger partial charge >= 0.3 is 12.1 Å². The number of nitrogens with one attached hydrogen (secondary N) is 1. The van der Waals surface area contributed by atoms with E-state index < -0.39 is 11.7 Å². The maximum absolute atomic E-state index is 12.5. The third kappa shape index (κ3) is 6.70. The standard InChI is InChI=1S/C34H57NO4/c1-22(2)10-9-11-23(3)27-14-15-28-26-13-12-24-20-25(38-30(36)21-35-31(37)39-32(4,5)6)16-18-33(24,7)29(26)17-19-34(27,28)8/h12,22-23,25-29H,9-11,13-21H2,1-8H3,(H,35,37)/t23-,25+,26+,27-,28+,29+,33+,34-/m1/s1. The predicted octanol–water partition coefficient (Wildman–Crippen LogP) is 8.46. The highest BCUT2D eigenvalue weighted by Crippen LogP contribution is 2.67. The summed E-state index contributed by atoms with van der Waals surface area (Å²) in [6.45, 7) is 17.7. The minimum Gasteiger partial charge on any atom is -0.461 e. The average Bonchev–Trinajstić information content (AvgIpc) is 3.19. The Morgan fingerprint density at radius 1 is 1.03 bits per heavy atom. The summed E-state index contributed by atoms with van der Waals surface area (Å²) in [7, 11) is 0. The summed E-state index contributed by atoms with van der Waals surface area (Å²) in [5.74, 6) is 4.60. The highest BCUT2D eigenvalue weighted by atomic mass is 16.6. The van der Waals surface area contributed by atoms with E-state index in [1.165, 1.54) is 56.9 Å². The zero-order chi connectivity index (χ0) is 28.6. The molecule has 0 radical (unpaired) electrons. The lowest BCUT2D eigenvalue weighted by Crippen LogP contribution is -2.51. The molecule has 1 amide bonds. The molecule has 0 aromatic rings. The van der Waals surface area contributed by atoms with Crippen LogP contribution in [0.1, 0.15) is 126 Å². The van der Waals surface area contributed by atoms with Crippen LogP contribution in [0.3, 0.4) is 0 Å². The second-order valence-electron chi connectivity index (χ2n) is 15.5. The fraction of sp³-hybridized carbons (Fsp3) is 0.882. The minimum atomic E-state index is -0.588. The largest absolute Gasteiger partial charge is 0.461 e. The molecular formula is C34H57NO4. The smallest absolute Gasteiger partial charge is 0.408 e. The zero-order valence-electron chi connectivity index (χ0n) is 26.2. The van der Waals surface area contributed by atoms with Gasteiger partial charge in [-0.3, -0.25) is 4.79 Å². The van der Waals surface area contributed by atoms with E-state index in [0.717, 1.165) is 54.8 Å². The number of carbonyl (C=O) groups excluding carboxylic acids is 2. The van der Waals surface area contributed by atoms with Crippen molar-refractivity contribution < 1.29 is 19.1 Å². The van der Waals surface area contributed by atoms with Gasteiger partial charge in [0.05, 0.1) is 0 Å². The van der Waals surface area contributed by atoms with Crippen LogP contribution in [0, 0.1) is 46.3 Å². The van der Waals surface area contributed by atoms with Crippen LogP contribution in [0.25, 0.3) is 0 Å². The number of fused-ring (bicyclic) bond motifs is 5. The molecule has 0 bridgehead atoms. The Kier molecular flexibility index (Phi) is 9.18.